The van der Waals surface area contributed by atoms with Gasteiger partial charge in [-0.15, -0.1) is 0 Å². The molecule has 0 radical (unpaired) electrons. The van der Waals surface area contributed by atoms with Crippen LogP contribution in [0.1, 0.15) is 37.3 Å². The average molecular weight is 437 g/mol. The van der Waals surface area contributed by atoms with Crippen LogP contribution in [0, 0.1) is 0 Å². The van der Waals surface area contributed by atoms with Crippen molar-refractivity contribution in [3.05, 3.63) is 53.6 Å². The predicted molar refractivity (Wildman–Crippen MR) is 127 cm³/mol. The van der Waals surface area contributed by atoms with Gasteiger partial charge in [0.05, 0.1) is 24.9 Å². The lowest BCUT2D eigenvalue weighted by molar-refractivity contribution is -0.140. The van der Waals surface area contributed by atoms with Crippen LogP contribution in [0.25, 0.3) is 22.2 Å². The first kappa shape index (κ1) is 22.4. The normalized spacial score (nSPS) is 14.6. The van der Waals surface area contributed by atoms with Crippen molar-refractivity contribution < 1.29 is 19.0 Å². The third kappa shape index (κ3) is 5.14. The summed E-state index contributed by atoms with van der Waals surface area (Å²) in [6.07, 6.45) is 2.91. The lowest BCUT2D eigenvalue weighted by atomic mass is 9.99. The molecule has 1 saturated heterocycles. The summed E-state index contributed by atoms with van der Waals surface area (Å²) in [7, 11) is 1.44. The highest BCUT2D eigenvalue weighted by atomic mass is 16.5. The minimum atomic E-state index is -0.204. The lowest BCUT2D eigenvalue weighted by Gasteiger charge is -2.25. The zero-order chi connectivity index (χ0) is 22.3. The van der Waals surface area contributed by atoms with Gasteiger partial charge in [-0.05, 0) is 55.0 Å². The van der Waals surface area contributed by atoms with Crippen molar-refractivity contribution in [2.75, 3.05) is 32.2 Å². The Hall–Kier alpha value is -2.83. The number of carbonyl (C=O) groups excluding carboxylic acids is 1. The van der Waals surface area contributed by atoms with Crippen molar-refractivity contribution in [1.29, 1.82) is 0 Å². The minimum Gasteiger partial charge on any atom is -0.469 e. The molecule has 0 amide bonds. The van der Waals surface area contributed by atoms with Gasteiger partial charge in [-0.3, -0.25) is 4.79 Å². The van der Waals surface area contributed by atoms with Gasteiger partial charge in [0, 0.05) is 43.4 Å². The molecule has 1 fully saturated rings. The summed E-state index contributed by atoms with van der Waals surface area (Å²) in [4.78, 5) is 15.6. The van der Waals surface area contributed by atoms with E-state index in [1.54, 1.807) is 0 Å². The first-order valence-electron chi connectivity index (χ1n) is 11.4. The van der Waals surface area contributed by atoms with Crippen LogP contribution in [-0.2, 0) is 32.0 Å². The molecule has 1 aliphatic rings. The number of hydrogen-bond acceptors (Lipinski definition) is 5. The summed E-state index contributed by atoms with van der Waals surface area (Å²) in [5, 5.41) is 4.87. The zero-order valence-electron chi connectivity index (χ0n) is 18.9. The molecule has 4 rings (SSSR count). The van der Waals surface area contributed by atoms with Gasteiger partial charge in [0.15, 0.2) is 0 Å². The van der Waals surface area contributed by atoms with Gasteiger partial charge in [-0.2, -0.15) is 0 Å². The molecule has 0 spiro atoms. The third-order valence-corrected chi connectivity index (χ3v) is 6.00. The molecule has 6 nitrogen and oxygen atoms in total. The molecule has 0 saturated carbocycles. The SMILES string of the molecule is CCOCc1cc(NC2CCOCC2)c2[nH]c(-c3ccccc3)c(CCC(=O)OC)c2c1. The second-order valence-electron chi connectivity index (χ2n) is 8.15. The van der Waals surface area contributed by atoms with Crippen molar-refractivity contribution in [3.63, 3.8) is 0 Å². The number of rotatable bonds is 9. The molecule has 0 unspecified atom stereocenters. The summed E-state index contributed by atoms with van der Waals surface area (Å²) in [5.74, 6) is -0.204. The largest absolute Gasteiger partial charge is 0.469 e. The highest BCUT2D eigenvalue weighted by Crippen LogP contribution is 2.36. The number of fused-ring (bicyclic) bond motifs is 1. The maximum atomic E-state index is 12.0. The second-order valence-corrected chi connectivity index (χ2v) is 8.15. The Morgan fingerprint density at radius 3 is 2.69 bits per heavy atom. The third-order valence-electron chi connectivity index (χ3n) is 6.00. The van der Waals surface area contributed by atoms with Crippen molar-refractivity contribution >= 4 is 22.6 Å². The number of nitrogens with one attached hydrogen (secondary N) is 2. The van der Waals surface area contributed by atoms with Crippen LogP contribution in [0.3, 0.4) is 0 Å². The van der Waals surface area contributed by atoms with E-state index in [-0.39, 0.29) is 5.97 Å². The van der Waals surface area contributed by atoms with Gasteiger partial charge in [-0.25, -0.2) is 0 Å². The molecule has 2 aromatic carbocycles. The average Bonchev–Trinajstić information content (AvgIpc) is 3.21. The molecule has 1 aromatic heterocycles. The van der Waals surface area contributed by atoms with Crippen molar-refractivity contribution in [2.45, 2.75) is 45.3 Å². The zero-order valence-corrected chi connectivity index (χ0v) is 18.9. The molecule has 2 N–H and O–H groups in total. The molecule has 3 aromatic rings. The molecule has 0 bridgehead atoms. The fourth-order valence-corrected chi connectivity index (χ4v) is 4.33. The van der Waals surface area contributed by atoms with E-state index in [0.29, 0.717) is 32.1 Å². The summed E-state index contributed by atoms with van der Waals surface area (Å²) < 4.78 is 16.2. The number of ether oxygens (including phenoxy) is 3. The maximum absolute atomic E-state index is 12.0. The van der Waals surface area contributed by atoms with E-state index in [1.807, 2.05) is 25.1 Å². The van der Waals surface area contributed by atoms with Crippen LogP contribution in [0.15, 0.2) is 42.5 Å². The van der Waals surface area contributed by atoms with Gasteiger partial charge in [0.25, 0.3) is 0 Å². The number of H-pyrrole nitrogens is 1. The molecule has 2 heterocycles. The van der Waals surface area contributed by atoms with Crippen LogP contribution in [0.2, 0.25) is 0 Å². The number of anilines is 1. The van der Waals surface area contributed by atoms with Crippen LogP contribution in [-0.4, -0.2) is 43.9 Å². The standard InChI is InChI=1S/C26H32N2O4/c1-3-31-17-18-15-22-21(9-10-24(29)30-2)25(19-7-5-4-6-8-19)28-26(22)23(16-18)27-20-11-13-32-14-12-20/h4-8,15-16,20,27-28H,3,9-14,17H2,1-2H3. The van der Waals surface area contributed by atoms with Crippen LogP contribution in [0.5, 0.6) is 0 Å². The number of aryl methyl sites for hydroxylation is 1. The molecule has 1 aliphatic heterocycles. The van der Waals surface area contributed by atoms with Gasteiger partial charge in [-0.1, -0.05) is 30.3 Å². The maximum Gasteiger partial charge on any atom is 0.305 e. The topological polar surface area (TPSA) is 72.6 Å². The lowest BCUT2D eigenvalue weighted by Crippen LogP contribution is -2.28. The van der Waals surface area contributed by atoms with Gasteiger partial charge in [0.2, 0.25) is 0 Å². The van der Waals surface area contributed by atoms with Gasteiger partial charge < -0.3 is 24.5 Å². The minimum absolute atomic E-state index is 0.204. The van der Waals surface area contributed by atoms with E-state index >= 15 is 0 Å². The molecule has 6 heteroatoms. The Morgan fingerprint density at radius 2 is 1.97 bits per heavy atom. The monoisotopic (exact) mass is 436 g/mol. The Balaban J connectivity index is 1.82. The van der Waals surface area contributed by atoms with Crippen LogP contribution < -0.4 is 5.32 Å². The Labute approximate surface area is 189 Å². The fraction of sp³-hybridized carbons (Fsp3) is 0.423. The number of aromatic nitrogens is 1. The number of methoxy groups -OCH3 is 1. The van der Waals surface area contributed by atoms with E-state index in [0.717, 1.165) is 65.0 Å². The van der Waals surface area contributed by atoms with E-state index in [4.69, 9.17) is 14.2 Å². The highest BCUT2D eigenvalue weighted by Gasteiger charge is 2.20. The summed E-state index contributed by atoms with van der Waals surface area (Å²) in [5.41, 5.74) is 6.54. The second kappa shape index (κ2) is 10.7. The van der Waals surface area contributed by atoms with Crippen molar-refractivity contribution in [2.24, 2.45) is 0 Å². The van der Waals surface area contributed by atoms with E-state index in [9.17, 15) is 4.79 Å². The molecule has 0 atom stereocenters. The van der Waals surface area contributed by atoms with Crippen molar-refractivity contribution in [3.8, 4) is 11.3 Å². The smallest absolute Gasteiger partial charge is 0.305 e. The van der Waals surface area contributed by atoms with Gasteiger partial charge in [0.1, 0.15) is 0 Å². The molecule has 170 valence electrons. The summed E-state index contributed by atoms with van der Waals surface area (Å²) >= 11 is 0. The fourth-order valence-electron chi connectivity index (χ4n) is 4.33. The van der Waals surface area contributed by atoms with Crippen molar-refractivity contribution in [1.82, 2.24) is 4.98 Å². The molecule has 0 aliphatic carbocycles. The number of carbonyl (C=O) groups is 1. The highest BCUT2D eigenvalue weighted by molar-refractivity contribution is 5.99. The van der Waals surface area contributed by atoms with E-state index in [2.05, 4.69) is 34.6 Å². The molecule has 32 heavy (non-hydrogen) atoms. The predicted octanol–water partition coefficient (Wildman–Crippen LogP) is 5.07. The number of benzene rings is 2. The van der Waals surface area contributed by atoms with Crippen LogP contribution >= 0.6 is 0 Å². The molecular weight excluding hydrogens is 404 g/mol. The Kier molecular flexibility index (Phi) is 7.45. The first-order chi connectivity index (χ1) is 15.7. The quantitative estimate of drug-likeness (QED) is 0.458. The summed E-state index contributed by atoms with van der Waals surface area (Å²) in [6, 6.07) is 15.0. The number of esters is 1. The van der Waals surface area contributed by atoms with E-state index in [1.165, 1.54) is 7.11 Å². The Morgan fingerprint density at radius 1 is 1.19 bits per heavy atom. The first-order valence-corrected chi connectivity index (χ1v) is 11.4. The number of hydrogen-bond donors (Lipinski definition) is 2. The van der Waals surface area contributed by atoms with Gasteiger partial charge >= 0.3 is 5.97 Å². The van der Waals surface area contributed by atoms with Crippen LogP contribution in [0.4, 0.5) is 5.69 Å². The number of aromatic amines is 1. The molecular formula is C26H32N2O4. The summed E-state index contributed by atoms with van der Waals surface area (Å²) in [6.45, 7) is 4.79. The Bertz CT molecular complexity index is 1040. The van der Waals surface area contributed by atoms with E-state index < -0.39 is 0 Å².